The van der Waals surface area contributed by atoms with Crippen LogP contribution in [0.4, 0.5) is 0 Å². The van der Waals surface area contributed by atoms with Gasteiger partial charge in [0, 0.05) is 24.2 Å². The van der Waals surface area contributed by atoms with Gasteiger partial charge in [0.25, 0.3) is 0 Å². The lowest BCUT2D eigenvalue weighted by atomic mass is 9.94. The fourth-order valence-corrected chi connectivity index (χ4v) is 3.64. The molecular weight excluding hydrogens is 312 g/mol. The lowest BCUT2D eigenvalue weighted by Gasteiger charge is -2.19. The van der Waals surface area contributed by atoms with Crippen LogP contribution in [0.25, 0.3) is 16.8 Å². The molecule has 0 N–H and O–H groups in total. The van der Waals surface area contributed by atoms with Gasteiger partial charge in [0.2, 0.25) is 0 Å². The molecule has 1 aliphatic rings. The molecule has 0 bridgehead atoms. The average Bonchev–Trinajstić information content (AvgIpc) is 3.37. The van der Waals surface area contributed by atoms with E-state index >= 15 is 0 Å². The summed E-state index contributed by atoms with van der Waals surface area (Å²) in [5.74, 6) is 2.34. The molecule has 25 heavy (non-hydrogen) atoms. The number of hydrogen-bond donors (Lipinski definition) is 0. The number of fused-ring (bicyclic) bond motifs is 1. The zero-order chi connectivity index (χ0) is 17.4. The predicted molar refractivity (Wildman–Crippen MR) is 99.7 cm³/mol. The van der Waals surface area contributed by atoms with Crippen LogP contribution in [0.15, 0.2) is 36.8 Å². The number of ether oxygens (including phenoxy) is 2. The van der Waals surface area contributed by atoms with Crippen LogP contribution in [0.3, 0.4) is 0 Å². The maximum absolute atomic E-state index is 5.79. The maximum Gasteiger partial charge on any atom is 0.145 e. The zero-order valence-electron chi connectivity index (χ0n) is 15.1. The molecule has 1 aromatic carbocycles. The van der Waals surface area contributed by atoms with Crippen molar-refractivity contribution in [2.24, 2.45) is 0 Å². The molecule has 0 unspecified atom stereocenters. The first-order valence-corrected chi connectivity index (χ1v) is 8.97. The number of aromatic nitrogens is 2. The first-order chi connectivity index (χ1) is 12.3. The van der Waals surface area contributed by atoms with E-state index in [-0.39, 0.29) is 0 Å². The summed E-state index contributed by atoms with van der Waals surface area (Å²) in [7, 11) is 3.47. The van der Waals surface area contributed by atoms with Crippen molar-refractivity contribution in [1.82, 2.24) is 9.38 Å². The third-order valence-corrected chi connectivity index (χ3v) is 4.97. The van der Waals surface area contributed by atoms with E-state index in [1.54, 1.807) is 14.2 Å². The minimum absolute atomic E-state index is 0.612. The van der Waals surface area contributed by atoms with E-state index in [0.717, 1.165) is 41.1 Å². The molecule has 0 spiro atoms. The molecule has 0 atom stereocenters. The molecule has 0 aliphatic heterocycles. The monoisotopic (exact) mass is 336 g/mol. The molecule has 0 saturated heterocycles. The molecule has 2 heterocycles. The Hall–Kier alpha value is -2.49. The molecule has 2 aromatic heterocycles. The van der Waals surface area contributed by atoms with Gasteiger partial charge in [-0.3, -0.25) is 0 Å². The number of pyridine rings is 1. The fraction of sp³-hybridized carbons (Fsp3) is 0.381. The van der Waals surface area contributed by atoms with Crippen molar-refractivity contribution < 1.29 is 9.47 Å². The smallest absolute Gasteiger partial charge is 0.145 e. The third kappa shape index (κ3) is 2.76. The molecule has 1 saturated carbocycles. The van der Waals surface area contributed by atoms with Gasteiger partial charge in [0.1, 0.15) is 17.1 Å². The number of imidazole rings is 1. The molecule has 130 valence electrons. The summed E-state index contributed by atoms with van der Waals surface area (Å²) in [6, 6.07) is 6.51. The second-order valence-corrected chi connectivity index (χ2v) is 6.70. The van der Waals surface area contributed by atoms with E-state index in [4.69, 9.17) is 9.47 Å². The Balaban J connectivity index is 2.02. The lowest BCUT2D eigenvalue weighted by Crippen LogP contribution is -2.00. The molecule has 4 rings (SSSR count). The largest absolute Gasteiger partial charge is 0.496 e. The van der Waals surface area contributed by atoms with Gasteiger partial charge in [-0.05, 0) is 54.5 Å². The minimum atomic E-state index is 0.612. The van der Waals surface area contributed by atoms with Crippen LogP contribution in [0, 0.1) is 0 Å². The minimum Gasteiger partial charge on any atom is -0.496 e. The van der Waals surface area contributed by atoms with Crippen LogP contribution in [-0.2, 0) is 6.42 Å². The van der Waals surface area contributed by atoms with Crippen molar-refractivity contribution in [3.63, 3.8) is 0 Å². The second-order valence-electron chi connectivity index (χ2n) is 6.70. The predicted octanol–water partition coefficient (Wildman–Crippen LogP) is 4.85. The van der Waals surface area contributed by atoms with Crippen LogP contribution < -0.4 is 9.47 Å². The van der Waals surface area contributed by atoms with Crippen LogP contribution >= 0.6 is 0 Å². The SMILES string of the molecule is CCCc1cc(OC)c(-c2c(C3CC3)ccn3ccnc23)c(OC)c1. The van der Waals surface area contributed by atoms with Crippen molar-refractivity contribution in [1.29, 1.82) is 0 Å². The maximum atomic E-state index is 5.79. The molecule has 4 heteroatoms. The summed E-state index contributed by atoms with van der Waals surface area (Å²) in [6.45, 7) is 2.18. The number of methoxy groups -OCH3 is 2. The highest BCUT2D eigenvalue weighted by molar-refractivity contribution is 5.89. The molecule has 1 aliphatic carbocycles. The quantitative estimate of drug-likeness (QED) is 0.645. The summed E-state index contributed by atoms with van der Waals surface area (Å²) in [5, 5.41) is 0. The Morgan fingerprint density at radius 3 is 2.40 bits per heavy atom. The average molecular weight is 336 g/mol. The van der Waals surface area contributed by atoms with Crippen molar-refractivity contribution >= 4 is 5.65 Å². The van der Waals surface area contributed by atoms with Crippen molar-refractivity contribution in [2.75, 3.05) is 14.2 Å². The van der Waals surface area contributed by atoms with Gasteiger partial charge < -0.3 is 13.9 Å². The van der Waals surface area contributed by atoms with Gasteiger partial charge in [-0.1, -0.05) is 13.3 Å². The van der Waals surface area contributed by atoms with E-state index in [0.29, 0.717) is 5.92 Å². The summed E-state index contributed by atoms with van der Waals surface area (Å²) < 4.78 is 13.7. The molecule has 3 aromatic rings. The highest BCUT2D eigenvalue weighted by Crippen LogP contribution is 2.50. The van der Waals surface area contributed by atoms with Gasteiger partial charge >= 0.3 is 0 Å². The summed E-state index contributed by atoms with van der Waals surface area (Å²) >= 11 is 0. The fourth-order valence-electron chi connectivity index (χ4n) is 3.64. The van der Waals surface area contributed by atoms with E-state index in [2.05, 4.69) is 40.7 Å². The Bertz CT molecular complexity index is 884. The number of rotatable bonds is 6. The van der Waals surface area contributed by atoms with Gasteiger partial charge in [0.05, 0.1) is 19.8 Å². The van der Waals surface area contributed by atoms with E-state index in [9.17, 15) is 0 Å². The van der Waals surface area contributed by atoms with Gasteiger partial charge in [-0.15, -0.1) is 0 Å². The highest BCUT2D eigenvalue weighted by atomic mass is 16.5. The first kappa shape index (κ1) is 16.0. The molecular formula is C21H24N2O2. The van der Waals surface area contributed by atoms with Crippen LogP contribution in [0.1, 0.15) is 43.2 Å². The number of hydrogen-bond acceptors (Lipinski definition) is 3. The van der Waals surface area contributed by atoms with Gasteiger partial charge in [-0.2, -0.15) is 0 Å². The number of nitrogens with zero attached hydrogens (tertiary/aromatic N) is 2. The van der Waals surface area contributed by atoms with Crippen LogP contribution in [-0.4, -0.2) is 23.6 Å². The van der Waals surface area contributed by atoms with E-state index in [1.165, 1.54) is 24.0 Å². The Morgan fingerprint density at radius 1 is 1.08 bits per heavy atom. The lowest BCUT2D eigenvalue weighted by molar-refractivity contribution is 0.396. The van der Waals surface area contributed by atoms with E-state index < -0.39 is 0 Å². The molecule has 4 nitrogen and oxygen atoms in total. The number of aryl methyl sites for hydroxylation is 1. The Labute approximate surface area is 148 Å². The zero-order valence-corrected chi connectivity index (χ0v) is 15.1. The summed E-state index contributed by atoms with van der Waals surface area (Å²) in [5.41, 5.74) is 5.71. The molecule has 1 fully saturated rings. The second kappa shape index (κ2) is 6.43. The third-order valence-electron chi connectivity index (χ3n) is 4.97. The standard InChI is InChI=1S/C21H24N2O2/c1-4-5-14-12-17(24-2)20(18(13-14)25-3)19-16(15-6-7-15)8-10-23-11-9-22-21(19)23/h8-13,15H,4-7H2,1-3H3. The summed E-state index contributed by atoms with van der Waals surface area (Å²) in [6.07, 6.45) is 10.5. The van der Waals surface area contributed by atoms with E-state index in [1.807, 2.05) is 12.4 Å². The van der Waals surface area contributed by atoms with Crippen molar-refractivity contribution in [3.05, 3.63) is 47.9 Å². The summed E-state index contributed by atoms with van der Waals surface area (Å²) in [4.78, 5) is 4.63. The van der Waals surface area contributed by atoms with Crippen molar-refractivity contribution in [2.45, 2.75) is 38.5 Å². The van der Waals surface area contributed by atoms with Crippen LogP contribution in [0.5, 0.6) is 11.5 Å². The van der Waals surface area contributed by atoms with Crippen molar-refractivity contribution in [3.8, 4) is 22.6 Å². The Kier molecular flexibility index (Phi) is 4.12. The normalized spacial score (nSPS) is 14.0. The van der Waals surface area contributed by atoms with Gasteiger partial charge in [0.15, 0.2) is 0 Å². The van der Waals surface area contributed by atoms with Crippen LogP contribution in [0.2, 0.25) is 0 Å². The topological polar surface area (TPSA) is 35.8 Å². The molecule has 0 amide bonds. The highest BCUT2D eigenvalue weighted by Gasteiger charge is 2.30. The van der Waals surface area contributed by atoms with Gasteiger partial charge in [-0.25, -0.2) is 4.98 Å². The number of benzene rings is 1. The molecule has 0 radical (unpaired) electrons. The Morgan fingerprint density at radius 2 is 1.80 bits per heavy atom. The first-order valence-electron chi connectivity index (χ1n) is 8.97.